The quantitative estimate of drug-likeness (QED) is 0.909. The fourth-order valence-electron chi connectivity index (χ4n) is 3.64. The Kier molecular flexibility index (Phi) is 4.26. The first-order valence-electron chi connectivity index (χ1n) is 7.32. The van der Waals surface area contributed by atoms with E-state index in [2.05, 4.69) is 43.6 Å². The van der Waals surface area contributed by atoms with E-state index in [1.54, 1.807) is 0 Å². The van der Waals surface area contributed by atoms with Gasteiger partial charge in [0.1, 0.15) is 0 Å². The molecule has 0 bridgehead atoms. The maximum Gasteiger partial charge on any atom is 0.0367 e. The van der Waals surface area contributed by atoms with Crippen LogP contribution in [0.25, 0.3) is 0 Å². The SMILES string of the molecule is CC(N)C(N1CCCC1c1cccnc1)C(C)(C)C. The summed E-state index contributed by atoms with van der Waals surface area (Å²) in [5.74, 6) is 0. The monoisotopic (exact) mass is 261 g/mol. The molecule has 1 fully saturated rings. The van der Waals surface area contributed by atoms with E-state index in [1.807, 2.05) is 18.5 Å². The van der Waals surface area contributed by atoms with Crippen molar-refractivity contribution in [1.29, 1.82) is 0 Å². The number of aromatic nitrogens is 1. The second kappa shape index (κ2) is 5.59. The molecule has 2 rings (SSSR count). The van der Waals surface area contributed by atoms with Crippen LogP contribution >= 0.6 is 0 Å². The van der Waals surface area contributed by atoms with E-state index >= 15 is 0 Å². The van der Waals surface area contributed by atoms with Crippen molar-refractivity contribution in [3.63, 3.8) is 0 Å². The molecule has 2 N–H and O–H groups in total. The zero-order chi connectivity index (χ0) is 14.0. The van der Waals surface area contributed by atoms with Crippen LogP contribution in [0.2, 0.25) is 0 Å². The zero-order valence-electron chi connectivity index (χ0n) is 12.6. The first kappa shape index (κ1) is 14.5. The summed E-state index contributed by atoms with van der Waals surface area (Å²) in [5.41, 5.74) is 7.81. The van der Waals surface area contributed by atoms with Gasteiger partial charge in [-0.3, -0.25) is 9.88 Å². The Balaban J connectivity index is 2.27. The third kappa shape index (κ3) is 3.15. The van der Waals surface area contributed by atoms with Gasteiger partial charge in [-0.05, 0) is 43.4 Å². The summed E-state index contributed by atoms with van der Waals surface area (Å²) >= 11 is 0. The Morgan fingerprint density at radius 2 is 2.16 bits per heavy atom. The van der Waals surface area contributed by atoms with Crippen LogP contribution in [0.4, 0.5) is 0 Å². The highest BCUT2D eigenvalue weighted by atomic mass is 15.2. The van der Waals surface area contributed by atoms with Crippen molar-refractivity contribution in [2.75, 3.05) is 6.54 Å². The number of pyridine rings is 1. The lowest BCUT2D eigenvalue weighted by Gasteiger charge is -2.43. The second-order valence-electron chi connectivity index (χ2n) is 6.85. The molecule has 1 aromatic heterocycles. The van der Waals surface area contributed by atoms with Crippen LogP contribution in [0.5, 0.6) is 0 Å². The fourth-order valence-corrected chi connectivity index (χ4v) is 3.64. The van der Waals surface area contributed by atoms with Gasteiger partial charge in [0.05, 0.1) is 0 Å². The van der Waals surface area contributed by atoms with Gasteiger partial charge in [-0.1, -0.05) is 26.8 Å². The van der Waals surface area contributed by atoms with E-state index in [9.17, 15) is 0 Å². The van der Waals surface area contributed by atoms with Gasteiger partial charge in [0, 0.05) is 30.5 Å². The van der Waals surface area contributed by atoms with Crippen LogP contribution < -0.4 is 5.73 Å². The molecule has 1 aromatic rings. The molecule has 0 saturated carbocycles. The molecular formula is C16H27N3. The molecule has 3 atom stereocenters. The van der Waals surface area contributed by atoms with Crippen LogP contribution in [0.15, 0.2) is 24.5 Å². The molecule has 2 heterocycles. The molecule has 0 aromatic carbocycles. The van der Waals surface area contributed by atoms with Crippen LogP contribution in [0, 0.1) is 5.41 Å². The summed E-state index contributed by atoms with van der Waals surface area (Å²) in [6, 6.07) is 5.28. The number of likely N-dealkylation sites (tertiary alicyclic amines) is 1. The molecule has 1 saturated heterocycles. The maximum atomic E-state index is 6.29. The van der Waals surface area contributed by atoms with Gasteiger partial charge < -0.3 is 5.73 Å². The number of rotatable bonds is 3. The minimum Gasteiger partial charge on any atom is -0.327 e. The fraction of sp³-hybridized carbons (Fsp3) is 0.688. The average Bonchev–Trinajstić information content (AvgIpc) is 2.76. The van der Waals surface area contributed by atoms with Crippen molar-refractivity contribution in [2.24, 2.45) is 11.1 Å². The molecule has 3 heteroatoms. The molecule has 0 spiro atoms. The molecular weight excluding hydrogens is 234 g/mol. The average molecular weight is 261 g/mol. The molecule has 0 radical (unpaired) electrons. The number of hydrogen-bond donors (Lipinski definition) is 1. The largest absolute Gasteiger partial charge is 0.327 e. The van der Waals surface area contributed by atoms with Crippen LogP contribution in [0.3, 0.4) is 0 Å². The lowest BCUT2D eigenvalue weighted by atomic mass is 9.81. The highest BCUT2D eigenvalue weighted by Gasteiger charge is 2.39. The second-order valence-corrected chi connectivity index (χ2v) is 6.85. The van der Waals surface area contributed by atoms with Crippen molar-refractivity contribution in [2.45, 2.75) is 58.7 Å². The highest BCUT2D eigenvalue weighted by Crippen LogP contribution is 2.39. The molecule has 3 unspecified atom stereocenters. The van der Waals surface area contributed by atoms with Gasteiger partial charge in [0.25, 0.3) is 0 Å². The van der Waals surface area contributed by atoms with Gasteiger partial charge in [-0.15, -0.1) is 0 Å². The third-order valence-corrected chi connectivity index (χ3v) is 4.11. The predicted molar refractivity (Wildman–Crippen MR) is 79.8 cm³/mol. The zero-order valence-corrected chi connectivity index (χ0v) is 12.6. The summed E-state index contributed by atoms with van der Waals surface area (Å²) < 4.78 is 0. The van der Waals surface area contributed by atoms with Gasteiger partial charge in [-0.25, -0.2) is 0 Å². The van der Waals surface area contributed by atoms with Crippen LogP contribution in [0.1, 0.15) is 52.1 Å². The summed E-state index contributed by atoms with van der Waals surface area (Å²) in [5, 5.41) is 0. The predicted octanol–water partition coefficient (Wildman–Crippen LogP) is 2.98. The Morgan fingerprint density at radius 3 is 2.68 bits per heavy atom. The molecule has 0 aliphatic carbocycles. The minimum atomic E-state index is 0.178. The standard InChI is InChI=1S/C16H27N3/c1-12(17)15(16(2,3)4)19-10-6-8-14(19)13-7-5-9-18-11-13/h5,7,9,11-12,14-15H,6,8,10,17H2,1-4H3. The molecule has 1 aliphatic rings. The third-order valence-electron chi connectivity index (χ3n) is 4.11. The van der Waals surface area contributed by atoms with Crippen molar-refractivity contribution < 1.29 is 0 Å². The van der Waals surface area contributed by atoms with E-state index in [0.29, 0.717) is 12.1 Å². The highest BCUT2D eigenvalue weighted by molar-refractivity contribution is 5.16. The number of nitrogens with zero attached hydrogens (tertiary/aromatic N) is 2. The molecule has 106 valence electrons. The minimum absolute atomic E-state index is 0.178. The van der Waals surface area contributed by atoms with Crippen molar-refractivity contribution >= 4 is 0 Å². The first-order chi connectivity index (χ1) is 8.91. The maximum absolute atomic E-state index is 6.29. The van der Waals surface area contributed by atoms with Crippen molar-refractivity contribution in [3.8, 4) is 0 Å². The molecule has 3 nitrogen and oxygen atoms in total. The topological polar surface area (TPSA) is 42.1 Å². The summed E-state index contributed by atoms with van der Waals surface area (Å²) in [7, 11) is 0. The van der Waals surface area contributed by atoms with Gasteiger partial charge in [0.2, 0.25) is 0 Å². The summed E-state index contributed by atoms with van der Waals surface area (Å²) in [4.78, 5) is 6.87. The Hall–Kier alpha value is -0.930. The Labute approximate surface area is 117 Å². The molecule has 1 aliphatic heterocycles. The van der Waals surface area contributed by atoms with E-state index in [0.717, 1.165) is 6.54 Å². The van der Waals surface area contributed by atoms with Crippen molar-refractivity contribution in [1.82, 2.24) is 9.88 Å². The Morgan fingerprint density at radius 1 is 1.42 bits per heavy atom. The lowest BCUT2D eigenvalue weighted by molar-refractivity contribution is 0.0705. The van der Waals surface area contributed by atoms with Crippen molar-refractivity contribution in [3.05, 3.63) is 30.1 Å². The summed E-state index contributed by atoms with van der Waals surface area (Å²) in [6.07, 6.45) is 6.31. The van der Waals surface area contributed by atoms with Gasteiger partial charge in [-0.2, -0.15) is 0 Å². The van der Waals surface area contributed by atoms with E-state index in [4.69, 9.17) is 5.73 Å². The number of nitrogens with two attached hydrogens (primary N) is 1. The van der Waals surface area contributed by atoms with Gasteiger partial charge in [0.15, 0.2) is 0 Å². The van der Waals surface area contributed by atoms with Gasteiger partial charge >= 0.3 is 0 Å². The van der Waals surface area contributed by atoms with Crippen LogP contribution in [-0.2, 0) is 0 Å². The summed E-state index contributed by atoms with van der Waals surface area (Å²) in [6.45, 7) is 10.1. The smallest absolute Gasteiger partial charge is 0.0367 e. The molecule has 0 amide bonds. The van der Waals surface area contributed by atoms with Crippen LogP contribution in [-0.4, -0.2) is 28.5 Å². The normalized spacial score (nSPS) is 24.4. The molecule has 19 heavy (non-hydrogen) atoms. The Bertz CT molecular complexity index is 394. The van der Waals surface area contributed by atoms with E-state index in [-0.39, 0.29) is 11.5 Å². The van der Waals surface area contributed by atoms with E-state index < -0.39 is 0 Å². The number of hydrogen-bond acceptors (Lipinski definition) is 3. The first-order valence-corrected chi connectivity index (χ1v) is 7.32. The van der Waals surface area contributed by atoms with E-state index in [1.165, 1.54) is 18.4 Å². The lowest BCUT2D eigenvalue weighted by Crippen LogP contribution is -2.53.